The molecule has 1 N–H and O–H groups in total. The second-order valence-corrected chi connectivity index (χ2v) is 6.65. The van der Waals surface area contributed by atoms with E-state index in [0.717, 1.165) is 18.1 Å². The molecular weight excluding hydrogens is 284 g/mol. The highest BCUT2D eigenvalue weighted by Gasteiger charge is 2.18. The SMILES string of the molecule is COc1ccc(NCC2CSCCS2)c([N+](=O)[O-])c1. The van der Waals surface area contributed by atoms with Crippen LogP contribution in [0.4, 0.5) is 11.4 Å². The van der Waals surface area contributed by atoms with Crippen molar-refractivity contribution < 1.29 is 9.66 Å². The van der Waals surface area contributed by atoms with Gasteiger partial charge in [0.15, 0.2) is 0 Å². The summed E-state index contributed by atoms with van der Waals surface area (Å²) in [6.07, 6.45) is 0. The molecule has 0 aliphatic carbocycles. The predicted octanol–water partition coefficient (Wildman–Crippen LogP) is 2.86. The number of anilines is 1. The first-order valence-corrected chi connectivity index (χ1v) is 8.16. The maximum absolute atomic E-state index is 11.0. The number of hydrogen-bond donors (Lipinski definition) is 1. The van der Waals surface area contributed by atoms with E-state index in [1.165, 1.54) is 18.9 Å². The van der Waals surface area contributed by atoms with E-state index in [2.05, 4.69) is 5.32 Å². The molecule has 0 saturated carbocycles. The van der Waals surface area contributed by atoms with Gasteiger partial charge in [0.25, 0.3) is 5.69 Å². The van der Waals surface area contributed by atoms with Crippen LogP contribution in [-0.2, 0) is 0 Å². The van der Waals surface area contributed by atoms with Crippen molar-refractivity contribution in [1.82, 2.24) is 0 Å². The normalized spacial score (nSPS) is 18.9. The Kier molecular flexibility index (Phi) is 5.21. The second kappa shape index (κ2) is 6.91. The molecule has 1 aliphatic heterocycles. The van der Waals surface area contributed by atoms with E-state index in [9.17, 15) is 10.1 Å². The van der Waals surface area contributed by atoms with Crippen LogP contribution in [0.1, 0.15) is 0 Å². The summed E-state index contributed by atoms with van der Waals surface area (Å²) in [5.41, 5.74) is 0.620. The minimum absolute atomic E-state index is 0.0628. The highest BCUT2D eigenvalue weighted by molar-refractivity contribution is 8.06. The zero-order chi connectivity index (χ0) is 13.7. The number of methoxy groups -OCH3 is 1. The number of thioether (sulfide) groups is 2. The molecule has 19 heavy (non-hydrogen) atoms. The molecule has 104 valence electrons. The standard InChI is InChI=1S/C12H16N2O3S2/c1-17-9-2-3-11(12(6-9)14(15)16)13-7-10-8-18-4-5-19-10/h2-3,6,10,13H,4-5,7-8H2,1H3. The van der Waals surface area contributed by atoms with Gasteiger partial charge in [-0.25, -0.2) is 0 Å². The number of rotatable bonds is 5. The van der Waals surface area contributed by atoms with Crippen LogP contribution in [0.3, 0.4) is 0 Å². The third-order valence-corrected chi connectivity index (χ3v) is 5.65. The molecule has 1 fully saturated rings. The number of nitro groups is 1. The van der Waals surface area contributed by atoms with E-state index in [0.29, 0.717) is 16.7 Å². The van der Waals surface area contributed by atoms with Crippen molar-refractivity contribution in [3.05, 3.63) is 28.3 Å². The van der Waals surface area contributed by atoms with Gasteiger partial charge in [-0.2, -0.15) is 23.5 Å². The zero-order valence-electron chi connectivity index (χ0n) is 10.6. The lowest BCUT2D eigenvalue weighted by Crippen LogP contribution is -2.23. The van der Waals surface area contributed by atoms with E-state index >= 15 is 0 Å². The van der Waals surface area contributed by atoms with Gasteiger partial charge < -0.3 is 10.1 Å². The summed E-state index contributed by atoms with van der Waals surface area (Å²) >= 11 is 3.87. The Morgan fingerprint density at radius 3 is 3.00 bits per heavy atom. The number of benzene rings is 1. The van der Waals surface area contributed by atoms with E-state index in [1.807, 2.05) is 23.5 Å². The van der Waals surface area contributed by atoms with Gasteiger partial charge in [-0.05, 0) is 12.1 Å². The van der Waals surface area contributed by atoms with E-state index in [-0.39, 0.29) is 10.6 Å². The van der Waals surface area contributed by atoms with Crippen molar-refractivity contribution in [2.24, 2.45) is 0 Å². The number of ether oxygens (including phenoxy) is 1. The van der Waals surface area contributed by atoms with Gasteiger partial charge in [0, 0.05) is 29.1 Å². The quantitative estimate of drug-likeness (QED) is 0.666. The minimum Gasteiger partial charge on any atom is -0.496 e. The smallest absolute Gasteiger partial charge is 0.296 e. The Hall–Kier alpha value is -1.08. The maximum Gasteiger partial charge on any atom is 0.296 e. The molecule has 0 bridgehead atoms. The van der Waals surface area contributed by atoms with Crippen molar-refractivity contribution in [2.45, 2.75) is 5.25 Å². The molecule has 2 rings (SSSR count). The molecule has 5 nitrogen and oxygen atoms in total. The van der Waals surface area contributed by atoms with Gasteiger partial charge in [0.2, 0.25) is 0 Å². The van der Waals surface area contributed by atoms with Gasteiger partial charge in [0.1, 0.15) is 11.4 Å². The molecule has 1 aromatic rings. The summed E-state index contributed by atoms with van der Waals surface area (Å²) in [4.78, 5) is 10.7. The first-order valence-electron chi connectivity index (χ1n) is 5.96. The van der Waals surface area contributed by atoms with Gasteiger partial charge in [-0.1, -0.05) is 0 Å². The number of nitrogens with one attached hydrogen (secondary N) is 1. The highest BCUT2D eigenvalue weighted by atomic mass is 32.2. The molecule has 1 aromatic carbocycles. The molecule has 1 unspecified atom stereocenters. The summed E-state index contributed by atoms with van der Waals surface area (Å²) in [7, 11) is 1.50. The zero-order valence-corrected chi connectivity index (χ0v) is 12.3. The van der Waals surface area contributed by atoms with Crippen LogP contribution in [-0.4, -0.2) is 41.1 Å². The molecule has 1 saturated heterocycles. The molecule has 0 radical (unpaired) electrons. The predicted molar refractivity (Wildman–Crippen MR) is 81.7 cm³/mol. The highest BCUT2D eigenvalue weighted by Crippen LogP contribution is 2.30. The lowest BCUT2D eigenvalue weighted by atomic mass is 10.2. The summed E-state index contributed by atoms with van der Waals surface area (Å²) in [5, 5.41) is 14.7. The Morgan fingerprint density at radius 1 is 1.53 bits per heavy atom. The van der Waals surface area contributed by atoms with Gasteiger partial charge >= 0.3 is 0 Å². The Balaban J connectivity index is 2.04. The Morgan fingerprint density at radius 2 is 2.37 bits per heavy atom. The van der Waals surface area contributed by atoms with Crippen LogP contribution >= 0.6 is 23.5 Å². The number of hydrogen-bond acceptors (Lipinski definition) is 6. The van der Waals surface area contributed by atoms with Crippen LogP contribution < -0.4 is 10.1 Å². The minimum atomic E-state index is -0.381. The van der Waals surface area contributed by atoms with Crippen molar-refractivity contribution in [1.29, 1.82) is 0 Å². The van der Waals surface area contributed by atoms with Crippen LogP contribution in [0.5, 0.6) is 5.75 Å². The van der Waals surface area contributed by atoms with Crippen molar-refractivity contribution >= 4 is 34.9 Å². The lowest BCUT2D eigenvalue weighted by molar-refractivity contribution is -0.384. The lowest BCUT2D eigenvalue weighted by Gasteiger charge is -2.21. The van der Waals surface area contributed by atoms with Crippen LogP contribution in [0.25, 0.3) is 0 Å². The molecule has 1 atom stereocenters. The van der Waals surface area contributed by atoms with Gasteiger partial charge in [-0.15, -0.1) is 0 Å². The molecule has 1 heterocycles. The molecule has 0 spiro atoms. The van der Waals surface area contributed by atoms with Crippen molar-refractivity contribution in [3.8, 4) is 5.75 Å². The molecule has 7 heteroatoms. The molecule has 0 amide bonds. The largest absolute Gasteiger partial charge is 0.496 e. The average Bonchev–Trinajstić information content (AvgIpc) is 2.46. The van der Waals surface area contributed by atoms with Crippen LogP contribution in [0, 0.1) is 10.1 Å². The average molecular weight is 300 g/mol. The monoisotopic (exact) mass is 300 g/mol. The van der Waals surface area contributed by atoms with Crippen molar-refractivity contribution in [2.75, 3.05) is 36.2 Å². The van der Waals surface area contributed by atoms with E-state index < -0.39 is 0 Å². The fourth-order valence-corrected chi connectivity index (χ4v) is 4.43. The van der Waals surface area contributed by atoms with Gasteiger partial charge in [-0.3, -0.25) is 10.1 Å². The van der Waals surface area contributed by atoms with Gasteiger partial charge in [0.05, 0.1) is 18.1 Å². The number of nitrogens with zero attached hydrogens (tertiary/aromatic N) is 1. The molecular formula is C12H16N2O3S2. The fraction of sp³-hybridized carbons (Fsp3) is 0.500. The van der Waals surface area contributed by atoms with E-state index in [1.54, 1.807) is 12.1 Å². The van der Waals surface area contributed by atoms with E-state index in [4.69, 9.17) is 4.74 Å². The van der Waals surface area contributed by atoms with Crippen LogP contribution in [0.15, 0.2) is 18.2 Å². The maximum atomic E-state index is 11.0. The van der Waals surface area contributed by atoms with Crippen LogP contribution in [0.2, 0.25) is 0 Å². The summed E-state index contributed by atoms with van der Waals surface area (Å²) in [6.45, 7) is 0.755. The molecule has 0 aromatic heterocycles. The second-order valence-electron chi connectivity index (χ2n) is 4.09. The Bertz CT molecular complexity index is 451. The topological polar surface area (TPSA) is 64.4 Å². The Labute approximate surface area is 120 Å². The first-order chi connectivity index (χ1) is 9.20. The first kappa shape index (κ1) is 14.3. The van der Waals surface area contributed by atoms with Crippen molar-refractivity contribution in [3.63, 3.8) is 0 Å². The number of nitro benzene ring substituents is 1. The summed E-state index contributed by atoms with van der Waals surface area (Å²) in [6, 6.07) is 4.89. The third-order valence-electron chi connectivity index (χ3n) is 2.81. The third kappa shape index (κ3) is 3.94. The summed E-state index contributed by atoms with van der Waals surface area (Å²) in [5.74, 6) is 3.95. The fourth-order valence-electron chi connectivity index (χ4n) is 1.82. The molecule has 1 aliphatic rings. The summed E-state index contributed by atoms with van der Waals surface area (Å²) < 4.78 is 5.01.